The Morgan fingerprint density at radius 1 is 1.15 bits per heavy atom. The quantitative estimate of drug-likeness (QED) is 0.572. The number of benzene rings is 1. The first-order valence-electron chi connectivity index (χ1n) is 10.7. The van der Waals surface area contributed by atoms with E-state index in [2.05, 4.69) is 20.5 Å². The van der Waals surface area contributed by atoms with Crippen LogP contribution in [0.2, 0.25) is 0 Å². The van der Waals surface area contributed by atoms with Gasteiger partial charge in [0.05, 0.1) is 17.8 Å². The van der Waals surface area contributed by atoms with Crippen molar-refractivity contribution in [3.05, 3.63) is 66.1 Å². The van der Waals surface area contributed by atoms with Gasteiger partial charge in [0.2, 0.25) is 5.91 Å². The van der Waals surface area contributed by atoms with Gasteiger partial charge in [0, 0.05) is 43.9 Å². The number of aromatic nitrogens is 3. The molecule has 8 nitrogen and oxygen atoms in total. The van der Waals surface area contributed by atoms with E-state index < -0.39 is 17.6 Å². The standard InChI is InChI=1S/C23H22F3N5O3/c24-23(25,26)16-3-5-17(6-4-16)34-18-7-10-31(11-8-18)21(32)14-28-22(33)20-12-19(29-30-20)15-2-1-9-27-13-15/h1-6,9,12-13,18H,7-8,10-11,14H2,(H,28,33)(H,29,30). The number of ether oxygens (including phenoxy) is 1. The maximum atomic E-state index is 12.7. The third kappa shape index (κ3) is 5.72. The Hall–Kier alpha value is -3.89. The highest BCUT2D eigenvalue weighted by Gasteiger charge is 2.30. The van der Waals surface area contributed by atoms with E-state index >= 15 is 0 Å². The Morgan fingerprint density at radius 2 is 1.88 bits per heavy atom. The van der Waals surface area contributed by atoms with E-state index in [1.54, 1.807) is 29.4 Å². The maximum Gasteiger partial charge on any atom is 0.416 e. The SMILES string of the molecule is O=C(NCC(=O)N1CCC(Oc2ccc(C(F)(F)F)cc2)CC1)c1cc(-c2cccnc2)n[nH]1. The Bertz CT molecular complexity index is 1120. The summed E-state index contributed by atoms with van der Waals surface area (Å²) in [5.74, 6) is -0.319. The van der Waals surface area contributed by atoms with E-state index in [4.69, 9.17) is 4.74 Å². The van der Waals surface area contributed by atoms with Crippen LogP contribution in [-0.2, 0) is 11.0 Å². The molecule has 2 aromatic heterocycles. The summed E-state index contributed by atoms with van der Waals surface area (Å²) >= 11 is 0. The van der Waals surface area contributed by atoms with E-state index in [9.17, 15) is 22.8 Å². The van der Waals surface area contributed by atoms with Crippen LogP contribution in [0.3, 0.4) is 0 Å². The van der Waals surface area contributed by atoms with Crippen molar-refractivity contribution in [2.45, 2.75) is 25.1 Å². The Kier molecular flexibility index (Phi) is 6.80. The highest BCUT2D eigenvalue weighted by Crippen LogP contribution is 2.30. The Morgan fingerprint density at radius 3 is 2.53 bits per heavy atom. The zero-order valence-electron chi connectivity index (χ0n) is 18.0. The topological polar surface area (TPSA) is 100 Å². The second-order valence-electron chi connectivity index (χ2n) is 7.81. The molecule has 11 heteroatoms. The van der Waals surface area contributed by atoms with Gasteiger partial charge in [-0.15, -0.1) is 0 Å². The average molecular weight is 473 g/mol. The van der Waals surface area contributed by atoms with Gasteiger partial charge in [-0.3, -0.25) is 19.7 Å². The Balaban J connectivity index is 1.22. The third-order valence-electron chi connectivity index (χ3n) is 5.46. The number of amides is 2. The number of rotatable bonds is 6. The molecule has 0 spiro atoms. The first-order chi connectivity index (χ1) is 16.3. The van der Waals surface area contributed by atoms with Gasteiger partial charge in [-0.25, -0.2) is 0 Å². The van der Waals surface area contributed by atoms with E-state index in [0.29, 0.717) is 37.4 Å². The summed E-state index contributed by atoms with van der Waals surface area (Å²) in [6.45, 7) is 0.689. The van der Waals surface area contributed by atoms with Crippen molar-refractivity contribution in [3.63, 3.8) is 0 Å². The molecule has 4 rings (SSSR count). The number of hydrogen-bond donors (Lipinski definition) is 2. The molecule has 1 aromatic carbocycles. The highest BCUT2D eigenvalue weighted by molar-refractivity contribution is 5.95. The molecule has 0 unspecified atom stereocenters. The molecule has 0 aliphatic carbocycles. The average Bonchev–Trinajstić information content (AvgIpc) is 3.34. The van der Waals surface area contributed by atoms with Crippen LogP contribution >= 0.6 is 0 Å². The largest absolute Gasteiger partial charge is 0.490 e. The molecule has 1 saturated heterocycles. The number of pyridine rings is 1. The number of nitrogens with one attached hydrogen (secondary N) is 2. The molecule has 34 heavy (non-hydrogen) atoms. The van der Waals surface area contributed by atoms with Gasteiger partial charge in [-0.05, 0) is 42.5 Å². The van der Waals surface area contributed by atoms with Crippen molar-refractivity contribution >= 4 is 11.8 Å². The molecular formula is C23H22F3N5O3. The fourth-order valence-electron chi connectivity index (χ4n) is 3.60. The van der Waals surface area contributed by atoms with Crippen molar-refractivity contribution in [2.75, 3.05) is 19.6 Å². The van der Waals surface area contributed by atoms with E-state index in [1.807, 2.05) is 6.07 Å². The summed E-state index contributed by atoms with van der Waals surface area (Å²) in [5, 5.41) is 9.34. The number of carbonyl (C=O) groups is 2. The van der Waals surface area contributed by atoms with Crippen LogP contribution in [-0.4, -0.2) is 57.6 Å². The summed E-state index contributed by atoms with van der Waals surface area (Å²) < 4.78 is 43.8. The third-order valence-corrected chi connectivity index (χ3v) is 5.46. The zero-order chi connectivity index (χ0) is 24.1. The number of likely N-dealkylation sites (tertiary alicyclic amines) is 1. The number of carbonyl (C=O) groups excluding carboxylic acids is 2. The monoisotopic (exact) mass is 473 g/mol. The Labute approximate surface area is 193 Å². The van der Waals surface area contributed by atoms with Crippen LogP contribution in [0, 0.1) is 0 Å². The number of nitrogens with zero attached hydrogens (tertiary/aromatic N) is 3. The summed E-state index contributed by atoms with van der Waals surface area (Å²) in [4.78, 5) is 30.5. The van der Waals surface area contributed by atoms with Gasteiger partial charge in [0.15, 0.2) is 0 Å². The van der Waals surface area contributed by atoms with Gasteiger partial charge >= 0.3 is 6.18 Å². The van der Waals surface area contributed by atoms with Gasteiger partial charge < -0.3 is 15.0 Å². The molecule has 0 bridgehead atoms. The van der Waals surface area contributed by atoms with E-state index in [1.165, 1.54) is 12.1 Å². The molecule has 3 aromatic rings. The lowest BCUT2D eigenvalue weighted by Gasteiger charge is -2.32. The summed E-state index contributed by atoms with van der Waals surface area (Å²) in [6.07, 6.45) is -0.249. The number of alkyl halides is 3. The van der Waals surface area contributed by atoms with E-state index in [-0.39, 0.29) is 24.2 Å². The predicted molar refractivity (Wildman–Crippen MR) is 116 cm³/mol. The van der Waals surface area contributed by atoms with Crippen LogP contribution < -0.4 is 10.1 Å². The molecule has 178 valence electrons. The number of piperidine rings is 1. The molecule has 0 radical (unpaired) electrons. The van der Waals surface area contributed by atoms with Crippen molar-refractivity contribution < 1.29 is 27.5 Å². The minimum absolute atomic E-state index is 0.162. The van der Waals surface area contributed by atoms with Crippen LogP contribution in [0.25, 0.3) is 11.3 Å². The van der Waals surface area contributed by atoms with Crippen molar-refractivity contribution in [1.29, 1.82) is 0 Å². The molecule has 1 aliphatic rings. The van der Waals surface area contributed by atoms with Crippen LogP contribution in [0.5, 0.6) is 5.75 Å². The number of H-pyrrole nitrogens is 1. The van der Waals surface area contributed by atoms with Gasteiger partial charge in [0.25, 0.3) is 5.91 Å². The minimum atomic E-state index is -4.39. The lowest BCUT2D eigenvalue weighted by molar-refractivity contribution is -0.137. The second-order valence-corrected chi connectivity index (χ2v) is 7.81. The molecule has 1 aliphatic heterocycles. The smallest absolute Gasteiger partial charge is 0.416 e. The fourth-order valence-corrected chi connectivity index (χ4v) is 3.60. The summed E-state index contributed by atoms with van der Waals surface area (Å²) in [7, 11) is 0. The van der Waals surface area contributed by atoms with Crippen LogP contribution in [0.4, 0.5) is 13.2 Å². The van der Waals surface area contributed by atoms with E-state index in [0.717, 1.165) is 17.7 Å². The molecular weight excluding hydrogens is 451 g/mol. The molecule has 0 saturated carbocycles. The molecule has 3 heterocycles. The maximum absolute atomic E-state index is 12.7. The van der Waals surface area contributed by atoms with Crippen molar-refractivity contribution in [3.8, 4) is 17.0 Å². The van der Waals surface area contributed by atoms with Crippen molar-refractivity contribution in [1.82, 2.24) is 25.4 Å². The van der Waals surface area contributed by atoms with Crippen LogP contribution in [0.15, 0.2) is 54.9 Å². The first-order valence-corrected chi connectivity index (χ1v) is 10.7. The lowest BCUT2D eigenvalue weighted by Crippen LogP contribution is -2.46. The number of halogens is 3. The zero-order valence-corrected chi connectivity index (χ0v) is 18.0. The molecule has 1 fully saturated rings. The summed E-state index contributed by atoms with van der Waals surface area (Å²) in [5.41, 5.74) is 0.830. The van der Waals surface area contributed by atoms with Crippen LogP contribution in [0.1, 0.15) is 28.9 Å². The number of hydrogen-bond acceptors (Lipinski definition) is 5. The molecule has 2 amide bonds. The first kappa shape index (κ1) is 23.3. The lowest BCUT2D eigenvalue weighted by atomic mass is 10.1. The van der Waals surface area contributed by atoms with Gasteiger partial charge in [-0.1, -0.05) is 0 Å². The van der Waals surface area contributed by atoms with Crippen molar-refractivity contribution in [2.24, 2.45) is 0 Å². The number of aromatic amines is 1. The highest BCUT2D eigenvalue weighted by atomic mass is 19.4. The second kappa shape index (κ2) is 9.94. The fraction of sp³-hybridized carbons (Fsp3) is 0.304. The van der Waals surface area contributed by atoms with Gasteiger partial charge in [-0.2, -0.15) is 18.3 Å². The normalized spacial score (nSPS) is 14.6. The van der Waals surface area contributed by atoms with Gasteiger partial charge in [0.1, 0.15) is 17.5 Å². The molecule has 0 atom stereocenters. The predicted octanol–water partition coefficient (Wildman–Crippen LogP) is 3.29. The minimum Gasteiger partial charge on any atom is -0.490 e. The summed E-state index contributed by atoms with van der Waals surface area (Å²) in [6, 6.07) is 9.72. The molecule has 2 N–H and O–H groups in total.